The molecule has 0 bridgehead atoms. The van der Waals surface area contributed by atoms with E-state index in [2.05, 4.69) is 14.9 Å². The molecule has 0 atom stereocenters. The van der Waals surface area contributed by atoms with Crippen LogP contribution in [0.4, 0.5) is 11.8 Å². The van der Waals surface area contributed by atoms with E-state index < -0.39 is 5.97 Å². The highest BCUT2D eigenvalue weighted by Crippen LogP contribution is 2.17. The molecular weight excluding hydrogens is 320 g/mol. The highest BCUT2D eigenvalue weighted by molar-refractivity contribution is 5.89. The molecule has 0 aliphatic carbocycles. The Bertz CT molecular complexity index is 824. The summed E-state index contributed by atoms with van der Waals surface area (Å²) in [5.41, 5.74) is 7.17. The number of aromatic carboxylic acids is 1. The molecule has 2 heterocycles. The molecule has 0 amide bonds. The van der Waals surface area contributed by atoms with Crippen molar-refractivity contribution in [1.29, 1.82) is 5.26 Å². The zero-order valence-electron chi connectivity index (χ0n) is 13.6. The van der Waals surface area contributed by atoms with Gasteiger partial charge in [0.2, 0.25) is 5.95 Å². The lowest BCUT2D eigenvalue weighted by atomic mass is 10.1. The summed E-state index contributed by atoms with van der Waals surface area (Å²) in [5.74, 6) is -0.205. The van der Waals surface area contributed by atoms with Crippen LogP contribution in [0.15, 0.2) is 30.5 Å². The van der Waals surface area contributed by atoms with Crippen molar-refractivity contribution in [2.24, 2.45) is 0 Å². The zero-order valence-corrected chi connectivity index (χ0v) is 13.6. The maximum atomic E-state index is 11.3. The molecule has 1 fully saturated rings. The van der Waals surface area contributed by atoms with E-state index in [4.69, 9.17) is 11.0 Å². The molecular formula is C17H18N6O2. The Morgan fingerprint density at radius 3 is 2.64 bits per heavy atom. The van der Waals surface area contributed by atoms with Crippen molar-refractivity contribution in [3.8, 4) is 6.07 Å². The number of nitrogens with zero attached hydrogens (tertiary/aromatic N) is 5. The normalized spacial score (nSPS) is 14.9. The SMILES string of the molecule is N#Cc1cnc(N2CCN(Cc3ccccc3C(=O)O)CC2)nc1N. The lowest BCUT2D eigenvalue weighted by Crippen LogP contribution is -2.46. The summed E-state index contributed by atoms with van der Waals surface area (Å²) in [6.07, 6.45) is 1.44. The van der Waals surface area contributed by atoms with Gasteiger partial charge >= 0.3 is 5.97 Å². The number of nitrogen functional groups attached to an aromatic ring is 1. The van der Waals surface area contributed by atoms with E-state index in [9.17, 15) is 9.90 Å². The van der Waals surface area contributed by atoms with Gasteiger partial charge in [-0.05, 0) is 11.6 Å². The number of rotatable bonds is 4. The second-order valence-corrected chi connectivity index (χ2v) is 5.81. The molecule has 0 spiro atoms. The lowest BCUT2D eigenvalue weighted by molar-refractivity contribution is 0.0694. The Kier molecular flexibility index (Phi) is 4.77. The monoisotopic (exact) mass is 338 g/mol. The second-order valence-electron chi connectivity index (χ2n) is 5.81. The van der Waals surface area contributed by atoms with Gasteiger partial charge in [-0.3, -0.25) is 4.90 Å². The largest absolute Gasteiger partial charge is 0.478 e. The minimum absolute atomic E-state index is 0.185. The molecule has 0 radical (unpaired) electrons. The first-order chi connectivity index (χ1) is 12.1. The summed E-state index contributed by atoms with van der Waals surface area (Å²) in [5, 5.41) is 18.2. The number of benzene rings is 1. The zero-order chi connectivity index (χ0) is 17.8. The number of nitrogens with two attached hydrogens (primary N) is 1. The molecule has 1 aliphatic heterocycles. The highest BCUT2D eigenvalue weighted by atomic mass is 16.4. The van der Waals surface area contributed by atoms with Gasteiger partial charge < -0.3 is 15.7 Å². The number of piperazine rings is 1. The van der Waals surface area contributed by atoms with Crippen molar-refractivity contribution in [2.75, 3.05) is 36.8 Å². The van der Waals surface area contributed by atoms with Crippen LogP contribution in [0.3, 0.4) is 0 Å². The number of anilines is 2. The minimum atomic E-state index is -0.907. The number of nitriles is 1. The fraction of sp³-hybridized carbons (Fsp3) is 0.294. The predicted octanol–water partition coefficient (Wildman–Crippen LogP) is 0.951. The lowest BCUT2D eigenvalue weighted by Gasteiger charge is -2.34. The van der Waals surface area contributed by atoms with Crippen LogP contribution >= 0.6 is 0 Å². The van der Waals surface area contributed by atoms with Crippen molar-refractivity contribution in [2.45, 2.75) is 6.54 Å². The van der Waals surface area contributed by atoms with E-state index in [1.54, 1.807) is 12.1 Å². The first kappa shape index (κ1) is 16.7. The molecule has 1 aliphatic rings. The number of carboxylic acids is 1. The number of carboxylic acid groups (broad SMARTS) is 1. The number of hydrogen-bond acceptors (Lipinski definition) is 7. The summed E-state index contributed by atoms with van der Waals surface area (Å²) < 4.78 is 0. The maximum Gasteiger partial charge on any atom is 0.336 e. The van der Waals surface area contributed by atoms with Crippen molar-refractivity contribution in [3.63, 3.8) is 0 Å². The predicted molar refractivity (Wildman–Crippen MR) is 92.1 cm³/mol. The molecule has 25 heavy (non-hydrogen) atoms. The summed E-state index contributed by atoms with van der Waals surface area (Å²) >= 11 is 0. The van der Waals surface area contributed by atoms with E-state index in [0.717, 1.165) is 18.7 Å². The van der Waals surface area contributed by atoms with Crippen LogP contribution < -0.4 is 10.6 Å². The first-order valence-corrected chi connectivity index (χ1v) is 7.89. The summed E-state index contributed by atoms with van der Waals surface area (Å²) in [6, 6.07) is 9.01. The highest BCUT2D eigenvalue weighted by Gasteiger charge is 2.21. The van der Waals surface area contributed by atoms with Crippen molar-refractivity contribution < 1.29 is 9.90 Å². The van der Waals surface area contributed by atoms with Gasteiger partial charge in [0.05, 0.1) is 11.8 Å². The molecule has 1 aromatic heterocycles. The van der Waals surface area contributed by atoms with E-state index >= 15 is 0 Å². The van der Waals surface area contributed by atoms with E-state index in [1.165, 1.54) is 6.20 Å². The van der Waals surface area contributed by atoms with Gasteiger partial charge in [0, 0.05) is 32.7 Å². The number of carbonyl (C=O) groups is 1. The third kappa shape index (κ3) is 3.67. The van der Waals surface area contributed by atoms with Crippen LogP contribution in [0.5, 0.6) is 0 Å². The third-order valence-corrected chi connectivity index (χ3v) is 4.22. The molecule has 128 valence electrons. The van der Waals surface area contributed by atoms with Crippen LogP contribution in [0.2, 0.25) is 0 Å². The second kappa shape index (κ2) is 7.15. The van der Waals surface area contributed by atoms with E-state index in [0.29, 0.717) is 31.1 Å². The van der Waals surface area contributed by atoms with Gasteiger partial charge in [0.1, 0.15) is 17.5 Å². The van der Waals surface area contributed by atoms with Gasteiger partial charge in [-0.25, -0.2) is 9.78 Å². The van der Waals surface area contributed by atoms with Gasteiger partial charge in [0.15, 0.2) is 0 Å². The molecule has 1 saturated heterocycles. The van der Waals surface area contributed by atoms with Crippen LogP contribution in [0.1, 0.15) is 21.5 Å². The van der Waals surface area contributed by atoms with Crippen LogP contribution in [0.25, 0.3) is 0 Å². The molecule has 3 N–H and O–H groups in total. The van der Waals surface area contributed by atoms with Gasteiger partial charge in [-0.15, -0.1) is 0 Å². The Morgan fingerprint density at radius 2 is 2.00 bits per heavy atom. The average Bonchev–Trinajstić information content (AvgIpc) is 2.62. The summed E-state index contributed by atoms with van der Waals surface area (Å²) in [6.45, 7) is 3.53. The number of aromatic nitrogens is 2. The molecule has 2 aromatic rings. The topological polar surface area (TPSA) is 119 Å². The van der Waals surface area contributed by atoms with Gasteiger partial charge in [-0.2, -0.15) is 10.2 Å². The summed E-state index contributed by atoms with van der Waals surface area (Å²) in [7, 11) is 0. The third-order valence-electron chi connectivity index (χ3n) is 4.22. The Morgan fingerprint density at radius 1 is 1.28 bits per heavy atom. The Labute approximate surface area is 145 Å². The quantitative estimate of drug-likeness (QED) is 0.845. The van der Waals surface area contributed by atoms with Gasteiger partial charge in [0.25, 0.3) is 0 Å². The first-order valence-electron chi connectivity index (χ1n) is 7.89. The molecule has 0 saturated carbocycles. The fourth-order valence-corrected chi connectivity index (χ4v) is 2.84. The van der Waals surface area contributed by atoms with E-state index in [1.807, 2.05) is 23.1 Å². The number of hydrogen-bond donors (Lipinski definition) is 2. The van der Waals surface area contributed by atoms with Gasteiger partial charge in [-0.1, -0.05) is 18.2 Å². The standard InChI is InChI=1S/C17H18N6O2/c18-9-13-10-20-17(21-15(13)19)23-7-5-22(6-8-23)11-12-3-1-2-4-14(12)16(24)25/h1-4,10H,5-8,11H2,(H,24,25)(H2,19,20,21). The van der Waals surface area contributed by atoms with Crippen molar-refractivity contribution in [3.05, 3.63) is 47.2 Å². The molecule has 1 aromatic carbocycles. The fourth-order valence-electron chi connectivity index (χ4n) is 2.84. The summed E-state index contributed by atoms with van der Waals surface area (Å²) in [4.78, 5) is 23.9. The molecule has 0 unspecified atom stereocenters. The Balaban J connectivity index is 1.64. The van der Waals surface area contributed by atoms with Crippen LogP contribution in [0, 0.1) is 11.3 Å². The smallest absolute Gasteiger partial charge is 0.336 e. The average molecular weight is 338 g/mol. The Hall–Kier alpha value is -3.18. The molecule has 8 heteroatoms. The van der Waals surface area contributed by atoms with Crippen molar-refractivity contribution in [1.82, 2.24) is 14.9 Å². The van der Waals surface area contributed by atoms with Crippen molar-refractivity contribution >= 4 is 17.7 Å². The maximum absolute atomic E-state index is 11.3. The molecule has 3 rings (SSSR count). The van der Waals surface area contributed by atoms with Crippen LogP contribution in [-0.4, -0.2) is 52.1 Å². The van der Waals surface area contributed by atoms with Crippen LogP contribution in [-0.2, 0) is 6.54 Å². The van der Waals surface area contributed by atoms with E-state index in [-0.39, 0.29) is 11.4 Å². The minimum Gasteiger partial charge on any atom is -0.478 e. The molecule has 8 nitrogen and oxygen atoms in total.